The van der Waals surface area contributed by atoms with E-state index in [1.54, 1.807) is 0 Å². The summed E-state index contributed by atoms with van der Waals surface area (Å²) in [4.78, 5) is 14.6. The molecule has 2 aliphatic carbocycles. The average molecular weight is 447 g/mol. The van der Waals surface area contributed by atoms with Crippen LogP contribution in [0.25, 0.3) is 60.9 Å². The average Bonchev–Trinajstić information content (AvgIpc) is 3.58. The van der Waals surface area contributed by atoms with E-state index in [9.17, 15) is 0 Å². The van der Waals surface area contributed by atoms with Crippen LogP contribution in [-0.4, -0.2) is 19.4 Å². The third kappa shape index (κ3) is 2.15. The lowest BCUT2D eigenvalue weighted by atomic mass is 9.97. The first-order chi connectivity index (χ1) is 17.3. The number of pyridine rings is 3. The number of benzene rings is 3. The molecule has 0 saturated carbocycles. The Morgan fingerprint density at radius 1 is 0.629 bits per heavy atom. The summed E-state index contributed by atoms with van der Waals surface area (Å²) in [7, 11) is 0. The molecule has 4 nitrogen and oxygen atoms in total. The van der Waals surface area contributed by atoms with Crippen LogP contribution < -0.4 is 0 Å². The molecule has 0 unspecified atom stereocenters. The van der Waals surface area contributed by atoms with Crippen LogP contribution in [0.4, 0.5) is 0 Å². The number of nitrogens with zero attached hydrogens (tertiary/aromatic N) is 4. The molecule has 0 aliphatic heterocycles. The molecular weight excluding hydrogens is 428 g/mol. The van der Waals surface area contributed by atoms with Crippen molar-refractivity contribution in [2.75, 3.05) is 0 Å². The molecule has 0 saturated heterocycles. The maximum Gasteiger partial charge on any atom is 0.165 e. The quantitative estimate of drug-likeness (QED) is 0.243. The van der Waals surface area contributed by atoms with Gasteiger partial charge in [-0.3, -0.25) is 9.38 Å². The van der Waals surface area contributed by atoms with E-state index in [1.807, 2.05) is 30.6 Å². The fourth-order valence-corrected chi connectivity index (χ4v) is 6.45. The molecule has 4 heterocycles. The van der Waals surface area contributed by atoms with Crippen molar-refractivity contribution in [1.82, 2.24) is 19.4 Å². The lowest BCUT2D eigenvalue weighted by molar-refractivity contribution is 1.23. The molecule has 4 heteroatoms. The Morgan fingerprint density at radius 3 is 2.43 bits per heavy atom. The van der Waals surface area contributed by atoms with E-state index >= 15 is 0 Å². The van der Waals surface area contributed by atoms with Crippen LogP contribution in [0.5, 0.6) is 0 Å². The van der Waals surface area contributed by atoms with Gasteiger partial charge >= 0.3 is 0 Å². The number of hydrogen-bond acceptors (Lipinski definition) is 3. The molecular formula is C31H18N4. The van der Waals surface area contributed by atoms with Crippen molar-refractivity contribution in [2.24, 2.45) is 0 Å². The summed E-state index contributed by atoms with van der Waals surface area (Å²) in [5.74, 6) is 0. The van der Waals surface area contributed by atoms with E-state index < -0.39 is 0 Å². The van der Waals surface area contributed by atoms with E-state index in [2.05, 4.69) is 64.0 Å². The Hall–Kier alpha value is -4.57. The van der Waals surface area contributed by atoms with Gasteiger partial charge in [0.2, 0.25) is 0 Å². The molecule has 7 aromatic rings. The van der Waals surface area contributed by atoms with Crippen molar-refractivity contribution < 1.29 is 0 Å². The van der Waals surface area contributed by atoms with Gasteiger partial charge in [0.1, 0.15) is 11.2 Å². The van der Waals surface area contributed by atoms with Gasteiger partial charge in [-0.2, -0.15) is 0 Å². The van der Waals surface area contributed by atoms with Gasteiger partial charge in [0.25, 0.3) is 0 Å². The minimum atomic E-state index is 0.876. The van der Waals surface area contributed by atoms with Crippen LogP contribution in [0.3, 0.4) is 0 Å². The maximum atomic E-state index is 5.02. The first-order valence-electron chi connectivity index (χ1n) is 12.0. The van der Waals surface area contributed by atoms with Gasteiger partial charge in [-0.05, 0) is 99.8 Å². The Bertz CT molecular complexity index is 2070. The molecule has 4 aromatic heterocycles. The van der Waals surface area contributed by atoms with Crippen molar-refractivity contribution in [3.8, 4) is 22.3 Å². The van der Waals surface area contributed by atoms with Crippen LogP contribution in [-0.2, 0) is 12.8 Å². The first-order valence-corrected chi connectivity index (χ1v) is 12.0. The summed E-state index contributed by atoms with van der Waals surface area (Å²) in [5.41, 5.74) is 15.9. The van der Waals surface area contributed by atoms with Gasteiger partial charge < -0.3 is 0 Å². The Kier molecular flexibility index (Phi) is 3.11. The third-order valence-electron chi connectivity index (χ3n) is 7.91. The Labute approximate surface area is 200 Å². The lowest BCUT2D eigenvalue weighted by Crippen LogP contribution is -1.96. The third-order valence-corrected chi connectivity index (χ3v) is 7.91. The minimum absolute atomic E-state index is 0.876. The van der Waals surface area contributed by atoms with E-state index in [4.69, 9.17) is 9.97 Å². The fraction of sp³-hybridized carbons (Fsp3) is 0.0645. The minimum Gasteiger partial charge on any atom is -0.274 e. The second-order valence-electron chi connectivity index (χ2n) is 9.68. The van der Waals surface area contributed by atoms with Gasteiger partial charge in [-0.25, -0.2) is 9.97 Å². The smallest absolute Gasteiger partial charge is 0.165 e. The van der Waals surface area contributed by atoms with Crippen molar-refractivity contribution in [2.45, 2.75) is 12.8 Å². The van der Waals surface area contributed by atoms with E-state index in [0.29, 0.717) is 0 Å². The Morgan fingerprint density at radius 2 is 1.46 bits per heavy atom. The molecule has 9 rings (SSSR count). The summed E-state index contributed by atoms with van der Waals surface area (Å²) in [6.07, 6.45) is 5.66. The Balaban J connectivity index is 1.38. The van der Waals surface area contributed by atoms with E-state index in [1.165, 1.54) is 49.9 Å². The molecule has 0 atom stereocenters. The van der Waals surface area contributed by atoms with E-state index in [-0.39, 0.29) is 0 Å². The molecule has 0 amide bonds. The first kappa shape index (κ1) is 17.8. The fourth-order valence-electron chi connectivity index (χ4n) is 6.45. The zero-order valence-electron chi connectivity index (χ0n) is 18.8. The number of hydrogen-bond donors (Lipinski definition) is 0. The molecule has 0 N–H and O–H groups in total. The van der Waals surface area contributed by atoms with Crippen molar-refractivity contribution in [3.63, 3.8) is 0 Å². The largest absolute Gasteiger partial charge is 0.274 e. The zero-order chi connectivity index (χ0) is 22.7. The molecule has 35 heavy (non-hydrogen) atoms. The topological polar surface area (TPSA) is 43.1 Å². The highest BCUT2D eigenvalue weighted by atomic mass is 15.1. The molecule has 0 bridgehead atoms. The standard InChI is InChI=1S/C31H18N4/c1-2-6-20-17(5-1)13-18-14-24-19(15-23(18)20)16-25-21(24)9-10-22-28(25)29-27(8-4-11-32-29)35-30(22)34-26-7-3-12-33-31(26)35/h1-12,14-15H,13,16H2. The maximum absolute atomic E-state index is 5.02. The highest BCUT2D eigenvalue weighted by Crippen LogP contribution is 2.47. The molecule has 0 radical (unpaired) electrons. The van der Waals surface area contributed by atoms with Crippen molar-refractivity contribution in [3.05, 3.63) is 107 Å². The van der Waals surface area contributed by atoms with Gasteiger partial charge in [-0.15, -0.1) is 0 Å². The van der Waals surface area contributed by atoms with Gasteiger partial charge in [0.15, 0.2) is 5.65 Å². The van der Waals surface area contributed by atoms with Gasteiger partial charge in [0.05, 0.1) is 11.0 Å². The van der Waals surface area contributed by atoms with Crippen LogP contribution in [0.2, 0.25) is 0 Å². The highest BCUT2D eigenvalue weighted by Gasteiger charge is 2.28. The van der Waals surface area contributed by atoms with E-state index in [0.717, 1.165) is 46.1 Å². The van der Waals surface area contributed by atoms with Gasteiger partial charge in [-0.1, -0.05) is 30.3 Å². The molecule has 3 aromatic carbocycles. The SMILES string of the molecule is c1ccc2c(c1)Cc1cc3c(cc1-2)Cc1c-3ccc2c1c1ncccc1n1c3ncccc3nc21. The van der Waals surface area contributed by atoms with Crippen LogP contribution >= 0.6 is 0 Å². The number of rotatable bonds is 0. The van der Waals surface area contributed by atoms with Crippen molar-refractivity contribution in [1.29, 1.82) is 0 Å². The number of imidazole rings is 1. The van der Waals surface area contributed by atoms with Gasteiger partial charge in [0, 0.05) is 23.2 Å². The zero-order valence-corrected chi connectivity index (χ0v) is 18.8. The molecule has 2 aliphatic rings. The molecule has 0 fully saturated rings. The number of aromatic nitrogens is 4. The predicted octanol–water partition coefficient (Wildman–Crippen LogP) is 6.73. The second kappa shape index (κ2) is 6.10. The highest BCUT2D eigenvalue weighted by molar-refractivity contribution is 6.15. The van der Waals surface area contributed by atoms with Crippen molar-refractivity contribution >= 4 is 38.6 Å². The van der Waals surface area contributed by atoms with Crippen LogP contribution in [0, 0.1) is 0 Å². The predicted molar refractivity (Wildman–Crippen MR) is 140 cm³/mol. The second-order valence-corrected chi connectivity index (χ2v) is 9.68. The summed E-state index contributed by atoms with van der Waals surface area (Å²) in [6, 6.07) is 26.3. The normalized spacial score (nSPS) is 13.5. The molecule has 162 valence electrons. The van der Waals surface area contributed by atoms with Crippen LogP contribution in [0.1, 0.15) is 22.3 Å². The number of fused-ring (bicyclic) bond motifs is 15. The summed E-state index contributed by atoms with van der Waals surface area (Å²) >= 11 is 0. The van der Waals surface area contributed by atoms with Crippen LogP contribution in [0.15, 0.2) is 85.2 Å². The monoisotopic (exact) mass is 446 g/mol. The summed E-state index contributed by atoms with van der Waals surface area (Å²) in [6.45, 7) is 0. The summed E-state index contributed by atoms with van der Waals surface area (Å²) < 4.78 is 2.17. The molecule has 0 spiro atoms. The lowest BCUT2D eigenvalue weighted by Gasteiger charge is -2.11. The summed E-state index contributed by atoms with van der Waals surface area (Å²) in [5, 5.41) is 2.36.